The summed E-state index contributed by atoms with van der Waals surface area (Å²) in [5, 5.41) is 2.18. The SMILES string of the molecule is CC1(C)c2sc(=O)n(CC(=O)Nc3ccccc3)c2S[C@@H]2C(=O)N(c3cccc(C(F)(F)F)c3)C(=O)[C@@H]21. The highest BCUT2D eigenvalue weighted by Crippen LogP contribution is 2.54. The van der Waals surface area contributed by atoms with Crippen LogP contribution in [0.3, 0.4) is 0 Å². The van der Waals surface area contributed by atoms with Gasteiger partial charge in [0.05, 0.1) is 22.2 Å². The lowest BCUT2D eigenvalue weighted by Gasteiger charge is -2.36. The number of hydrogen-bond donors (Lipinski definition) is 1. The van der Waals surface area contributed by atoms with Crippen LogP contribution in [0.4, 0.5) is 24.5 Å². The van der Waals surface area contributed by atoms with E-state index in [9.17, 15) is 32.3 Å². The summed E-state index contributed by atoms with van der Waals surface area (Å²) < 4.78 is 41.1. The summed E-state index contributed by atoms with van der Waals surface area (Å²) in [5.74, 6) is -2.60. The van der Waals surface area contributed by atoms with Gasteiger partial charge in [-0.15, -0.1) is 0 Å². The summed E-state index contributed by atoms with van der Waals surface area (Å²) in [6.45, 7) is 3.17. The first kappa shape index (κ1) is 25.3. The summed E-state index contributed by atoms with van der Waals surface area (Å²) in [6, 6.07) is 12.8. The van der Waals surface area contributed by atoms with Gasteiger partial charge in [-0.05, 0) is 30.3 Å². The number of para-hydroxylation sites is 1. The Morgan fingerprint density at radius 3 is 2.41 bits per heavy atom. The maximum Gasteiger partial charge on any atom is 0.416 e. The summed E-state index contributed by atoms with van der Waals surface area (Å²) in [7, 11) is 0. The van der Waals surface area contributed by atoms with Crippen molar-refractivity contribution >= 4 is 52.2 Å². The molecule has 3 amide bonds. The van der Waals surface area contributed by atoms with Crippen molar-refractivity contribution in [2.75, 3.05) is 10.2 Å². The zero-order valence-corrected chi connectivity index (χ0v) is 21.2. The maximum atomic E-state index is 13.5. The maximum absolute atomic E-state index is 13.5. The van der Waals surface area contributed by atoms with E-state index in [2.05, 4.69) is 5.32 Å². The first-order valence-corrected chi connectivity index (χ1v) is 12.9. The van der Waals surface area contributed by atoms with Gasteiger partial charge >= 0.3 is 11.0 Å². The number of nitrogens with one attached hydrogen (secondary N) is 1. The van der Waals surface area contributed by atoms with E-state index < -0.39 is 50.9 Å². The van der Waals surface area contributed by atoms with E-state index >= 15 is 0 Å². The van der Waals surface area contributed by atoms with Crippen molar-refractivity contribution in [2.24, 2.45) is 5.92 Å². The van der Waals surface area contributed by atoms with Crippen LogP contribution in [0.1, 0.15) is 24.3 Å². The monoisotopic (exact) mass is 547 g/mol. The Morgan fingerprint density at radius 1 is 1.03 bits per heavy atom. The Bertz CT molecular complexity index is 1480. The predicted octanol–water partition coefficient (Wildman–Crippen LogP) is 4.51. The molecule has 3 aromatic rings. The number of nitrogens with zero attached hydrogens (tertiary/aromatic N) is 2. The highest BCUT2D eigenvalue weighted by molar-refractivity contribution is 8.00. The summed E-state index contributed by atoms with van der Waals surface area (Å²) in [5.41, 5.74) is -1.53. The Kier molecular flexibility index (Phi) is 6.06. The third-order valence-corrected chi connectivity index (χ3v) is 9.32. The Hall–Kier alpha value is -3.38. The fourth-order valence-corrected chi connectivity index (χ4v) is 7.75. The lowest BCUT2D eigenvalue weighted by molar-refractivity contribution is -0.137. The van der Waals surface area contributed by atoms with Gasteiger partial charge in [0.25, 0.3) is 0 Å². The molecule has 37 heavy (non-hydrogen) atoms. The summed E-state index contributed by atoms with van der Waals surface area (Å²) in [4.78, 5) is 53.4. The van der Waals surface area contributed by atoms with Crippen LogP contribution >= 0.6 is 23.1 Å². The predicted molar refractivity (Wildman–Crippen MR) is 134 cm³/mol. The first-order valence-electron chi connectivity index (χ1n) is 11.2. The van der Waals surface area contributed by atoms with Gasteiger partial charge in [0.1, 0.15) is 11.8 Å². The molecule has 0 aliphatic carbocycles. The number of fused-ring (bicyclic) bond motifs is 2. The summed E-state index contributed by atoms with van der Waals surface area (Å²) in [6.07, 6.45) is -4.64. The highest BCUT2D eigenvalue weighted by Gasteiger charge is 2.59. The molecule has 192 valence electrons. The smallest absolute Gasteiger partial charge is 0.325 e. The normalized spacial score (nSPS) is 20.5. The number of hydrogen-bond acceptors (Lipinski definition) is 6. The van der Waals surface area contributed by atoms with Gasteiger partial charge in [0.15, 0.2) is 0 Å². The third kappa shape index (κ3) is 4.27. The molecule has 0 saturated carbocycles. The fraction of sp³-hybridized carbons (Fsp3) is 0.280. The second-order valence-corrected chi connectivity index (χ2v) is 11.4. The Balaban J connectivity index is 1.48. The molecule has 1 fully saturated rings. The van der Waals surface area contributed by atoms with Crippen LogP contribution in [0.15, 0.2) is 64.4 Å². The minimum absolute atomic E-state index is 0.154. The Labute approximate surface area is 217 Å². The molecule has 0 radical (unpaired) electrons. The molecule has 2 aliphatic rings. The van der Waals surface area contributed by atoms with Crippen molar-refractivity contribution in [3.05, 3.63) is 74.7 Å². The van der Waals surface area contributed by atoms with E-state index in [0.29, 0.717) is 15.6 Å². The van der Waals surface area contributed by atoms with Gasteiger partial charge in [-0.25, -0.2) is 4.90 Å². The number of thiazole rings is 1. The van der Waals surface area contributed by atoms with Gasteiger partial charge in [-0.1, -0.05) is 61.2 Å². The Morgan fingerprint density at radius 2 is 1.73 bits per heavy atom. The standard InChI is InChI=1S/C25H20F3N3O4S2/c1-24(2)17-18(21(34)31(20(17)33)15-10-6-7-13(11-15)25(26,27)28)36-22-19(24)37-23(35)30(22)12-16(32)29-14-8-4-3-5-9-14/h3-11,17-18H,12H2,1-2H3,(H,29,32)/t17-,18+/m1/s1. The molecule has 1 saturated heterocycles. The van der Waals surface area contributed by atoms with Crippen molar-refractivity contribution in [3.8, 4) is 0 Å². The van der Waals surface area contributed by atoms with Crippen molar-refractivity contribution in [1.29, 1.82) is 0 Å². The van der Waals surface area contributed by atoms with Crippen LogP contribution in [-0.2, 0) is 32.5 Å². The molecule has 5 rings (SSSR count). The molecule has 2 aliphatic heterocycles. The number of aromatic nitrogens is 1. The second kappa shape index (κ2) is 8.88. The highest BCUT2D eigenvalue weighted by atomic mass is 32.2. The number of carbonyl (C=O) groups excluding carboxylic acids is 3. The third-order valence-electron chi connectivity index (χ3n) is 6.49. The quantitative estimate of drug-likeness (QED) is 0.486. The lowest BCUT2D eigenvalue weighted by atomic mass is 9.76. The molecule has 7 nitrogen and oxygen atoms in total. The number of thioether (sulfide) groups is 1. The van der Waals surface area contributed by atoms with Crippen LogP contribution in [0, 0.1) is 5.92 Å². The van der Waals surface area contributed by atoms with Crippen molar-refractivity contribution in [2.45, 2.75) is 42.3 Å². The van der Waals surface area contributed by atoms with Crippen LogP contribution < -0.4 is 15.1 Å². The van der Waals surface area contributed by atoms with E-state index in [0.717, 1.165) is 46.2 Å². The molecule has 2 atom stereocenters. The topological polar surface area (TPSA) is 88.5 Å². The molecule has 2 aromatic carbocycles. The van der Waals surface area contributed by atoms with Gasteiger partial charge < -0.3 is 5.32 Å². The zero-order chi connectivity index (χ0) is 26.7. The number of rotatable bonds is 4. The number of carbonyl (C=O) groups is 3. The lowest BCUT2D eigenvalue weighted by Crippen LogP contribution is -2.42. The average Bonchev–Trinajstić information content (AvgIpc) is 3.28. The van der Waals surface area contributed by atoms with Crippen LogP contribution in [0.2, 0.25) is 0 Å². The molecule has 1 N–H and O–H groups in total. The number of alkyl halides is 3. The number of imide groups is 1. The van der Waals surface area contributed by atoms with Crippen molar-refractivity contribution < 1.29 is 27.6 Å². The number of anilines is 2. The molecular formula is C25H20F3N3O4S2. The number of benzene rings is 2. The largest absolute Gasteiger partial charge is 0.416 e. The first-order chi connectivity index (χ1) is 17.4. The molecule has 0 unspecified atom stereocenters. The summed E-state index contributed by atoms with van der Waals surface area (Å²) >= 11 is 1.91. The fourth-order valence-electron chi connectivity index (χ4n) is 4.71. The van der Waals surface area contributed by atoms with Crippen molar-refractivity contribution in [3.63, 3.8) is 0 Å². The second-order valence-electron chi connectivity index (χ2n) is 9.30. The van der Waals surface area contributed by atoms with Gasteiger partial charge in [-0.2, -0.15) is 13.2 Å². The van der Waals surface area contributed by atoms with Crippen LogP contribution in [0.5, 0.6) is 0 Å². The number of amides is 3. The van der Waals surface area contributed by atoms with E-state index in [4.69, 9.17) is 0 Å². The zero-order valence-electron chi connectivity index (χ0n) is 19.5. The van der Waals surface area contributed by atoms with E-state index in [1.54, 1.807) is 44.2 Å². The molecule has 12 heteroatoms. The molecule has 1 aromatic heterocycles. The molecular weight excluding hydrogens is 527 g/mol. The minimum Gasteiger partial charge on any atom is -0.325 e. The molecule has 0 bridgehead atoms. The van der Waals surface area contributed by atoms with Gasteiger partial charge in [0, 0.05) is 16.0 Å². The number of halogens is 3. The van der Waals surface area contributed by atoms with E-state index in [-0.39, 0.29) is 12.2 Å². The van der Waals surface area contributed by atoms with Crippen molar-refractivity contribution in [1.82, 2.24) is 4.57 Å². The minimum atomic E-state index is -4.64. The van der Waals surface area contributed by atoms with E-state index in [1.165, 1.54) is 10.6 Å². The van der Waals surface area contributed by atoms with Crippen LogP contribution in [0.25, 0.3) is 0 Å². The molecule has 0 spiro atoms. The van der Waals surface area contributed by atoms with Gasteiger partial charge in [-0.3, -0.25) is 23.7 Å². The average molecular weight is 548 g/mol. The molecule has 3 heterocycles. The van der Waals surface area contributed by atoms with E-state index in [1.807, 2.05) is 0 Å². The van der Waals surface area contributed by atoms with Crippen LogP contribution in [-0.4, -0.2) is 27.5 Å². The van der Waals surface area contributed by atoms with Gasteiger partial charge in [0.2, 0.25) is 17.7 Å².